The van der Waals surface area contributed by atoms with Crippen LogP contribution in [0.4, 0.5) is 13.2 Å². The summed E-state index contributed by atoms with van der Waals surface area (Å²) in [4.78, 5) is 7.58. The maximum Gasteiger partial charge on any atom is 0.433 e. The third-order valence-corrected chi connectivity index (χ3v) is 2.95. The normalized spacial score (nSPS) is 11.6. The van der Waals surface area contributed by atoms with Gasteiger partial charge in [0.25, 0.3) is 0 Å². The van der Waals surface area contributed by atoms with Crippen molar-refractivity contribution in [3.8, 4) is 11.3 Å². The van der Waals surface area contributed by atoms with Crippen LogP contribution in [0, 0.1) is 0 Å². The second-order valence-electron chi connectivity index (χ2n) is 3.58. The minimum absolute atomic E-state index is 0.301. The number of alkyl halides is 4. The Morgan fingerprint density at radius 2 is 1.94 bits per heavy atom. The summed E-state index contributed by atoms with van der Waals surface area (Å²) in [6.07, 6.45) is -1.39. The standard InChI is InChI=1S/C12H8BrF3N2/c13-6-8-3-4-10(12(14,15)16)18-11(8)9-2-1-5-17-7-9/h1-5,7H,6H2. The minimum atomic E-state index is -4.44. The predicted molar refractivity (Wildman–Crippen MR) is 65.1 cm³/mol. The molecule has 0 aromatic carbocycles. The van der Waals surface area contributed by atoms with Gasteiger partial charge in [0.15, 0.2) is 0 Å². The van der Waals surface area contributed by atoms with Crippen LogP contribution >= 0.6 is 15.9 Å². The van der Waals surface area contributed by atoms with Gasteiger partial charge in [0.2, 0.25) is 0 Å². The molecule has 0 bridgehead atoms. The zero-order valence-electron chi connectivity index (χ0n) is 9.08. The Labute approximate surface area is 110 Å². The molecule has 0 aliphatic rings. The summed E-state index contributed by atoms with van der Waals surface area (Å²) in [5, 5.41) is 0.433. The van der Waals surface area contributed by atoms with Gasteiger partial charge in [-0.25, -0.2) is 4.98 Å². The lowest BCUT2D eigenvalue weighted by atomic mass is 10.1. The van der Waals surface area contributed by atoms with E-state index in [-0.39, 0.29) is 0 Å². The first-order chi connectivity index (χ1) is 8.52. The van der Waals surface area contributed by atoms with Crippen molar-refractivity contribution >= 4 is 15.9 Å². The fraction of sp³-hybridized carbons (Fsp3) is 0.167. The average molecular weight is 317 g/mol. The smallest absolute Gasteiger partial charge is 0.264 e. The first-order valence-corrected chi connectivity index (χ1v) is 6.18. The Kier molecular flexibility index (Phi) is 3.65. The van der Waals surface area contributed by atoms with E-state index in [2.05, 4.69) is 25.9 Å². The van der Waals surface area contributed by atoms with Gasteiger partial charge in [-0.2, -0.15) is 13.2 Å². The first kappa shape index (κ1) is 13.0. The van der Waals surface area contributed by atoms with Gasteiger partial charge in [-0.05, 0) is 23.8 Å². The molecular formula is C12H8BrF3N2. The SMILES string of the molecule is FC(F)(F)c1ccc(CBr)c(-c2cccnc2)n1. The third kappa shape index (κ3) is 2.69. The Hall–Kier alpha value is -1.43. The van der Waals surface area contributed by atoms with Crippen LogP contribution in [0.1, 0.15) is 11.3 Å². The number of aromatic nitrogens is 2. The van der Waals surface area contributed by atoms with Crippen LogP contribution in [-0.2, 0) is 11.5 Å². The van der Waals surface area contributed by atoms with Crippen molar-refractivity contribution in [3.63, 3.8) is 0 Å². The lowest BCUT2D eigenvalue weighted by Crippen LogP contribution is -2.09. The summed E-state index contributed by atoms with van der Waals surface area (Å²) >= 11 is 3.24. The summed E-state index contributed by atoms with van der Waals surface area (Å²) in [7, 11) is 0. The highest BCUT2D eigenvalue weighted by Crippen LogP contribution is 2.31. The molecule has 2 nitrogen and oxygen atoms in total. The van der Waals surface area contributed by atoms with E-state index in [4.69, 9.17) is 0 Å². The van der Waals surface area contributed by atoms with E-state index in [9.17, 15) is 13.2 Å². The van der Waals surface area contributed by atoms with Crippen LogP contribution in [0.15, 0.2) is 36.7 Å². The van der Waals surface area contributed by atoms with Gasteiger partial charge in [0.05, 0.1) is 5.69 Å². The Morgan fingerprint density at radius 1 is 1.17 bits per heavy atom. The van der Waals surface area contributed by atoms with Gasteiger partial charge in [0.1, 0.15) is 5.69 Å². The topological polar surface area (TPSA) is 25.8 Å². The van der Waals surface area contributed by atoms with E-state index < -0.39 is 11.9 Å². The molecule has 0 amide bonds. The van der Waals surface area contributed by atoms with Crippen LogP contribution in [0.3, 0.4) is 0 Å². The molecule has 94 valence electrons. The van der Waals surface area contributed by atoms with Gasteiger partial charge in [0, 0.05) is 23.3 Å². The molecule has 2 heterocycles. The van der Waals surface area contributed by atoms with Crippen LogP contribution in [0.2, 0.25) is 0 Å². The number of pyridine rings is 2. The van der Waals surface area contributed by atoms with E-state index in [1.165, 1.54) is 12.3 Å². The zero-order valence-corrected chi connectivity index (χ0v) is 10.7. The lowest BCUT2D eigenvalue weighted by molar-refractivity contribution is -0.141. The van der Waals surface area contributed by atoms with Gasteiger partial charge in [-0.15, -0.1) is 0 Å². The van der Waals surface area contributed by atoms with Crippen LogP contribution in [-0.4, -0.2) is 9.97 Å². The monoisotopic (exact) mass is 316 g/mol. The van der Waals surface area contributed by atoms with E-state index in [1.807, 2.05) is 0 Å². The molecule has 0 aliphatic carbocycles. The van der Waals surface area contributed by atoms with E-state index in [0.717, 1.165) is 6.07 Å². The van der Waals surface area contributed by atoms with Gasteiger partial charge in [-0.3, -0.25) is 4.98 Å². The van der Waals surface area contributed by atoms with Crippen molar-refractivity contribution in [3.05, 3.63) is 47.9 Å². The van der Waals surface area contributed by atoms with Crippen molar-refractivity contribution < 1.29 is 13.2 Å². The Morgan fingerprint density at radius 3 is 2.50 bits per heavy atom. The summed E-state index contributed by atoms with van der Waals surface area (Å²) in [5.41, 5.74) is 0.662. The number of hydrogen-bond acceptors (Lipinski definition) is 2. The Balaban J connectivity index is 2.57. The number of hydrogen-bond donors (Lipinski definition) is 0. The largest absolute Gasteiger partial charge is 0.433 e. The van der Waals surface area contributed by atoms with E-state index >= 15 is 0 Å². The minimum Gasteiger partial charge on any atom is -0.264 e. The highest BCUT2D eigenvalue weighted by molar-refractivity contribution is 9.08. The Bertz CT molecular complexity index is 541. The first-order valence-electron chi connectivity index (χ1n) is 5.06. The third-order valence-electron chi connectivity index (χ3n) is 2.35. The van der Waals surface area contributed by atoms with Crippen molar-refractivity contribution in [2.24, 2.45) is 0 Å². The number of nitrogens with zero attached hydrogens (tertiary/aromatic N) is 2. The molecule has 0 radical (unpaired) electrons. The molecule has 2 rings (SSSR count). The van der Waals surface area contributed by atoms with Crippen LogP contribution in [0.25, 0.3) is 11.3 Å². The number of halogens is 4. The summed E-state index contributed by atoms with van der Waals surface area (Å²) in [5.74, 6) is 0. The molecule has 2 aromatic rings. The molecule has 0 saturated heterocycles. The maximum absolute atomic E-state index is 12.6. The molecule has 0 fully saturated rings. The molecular weight excluding hydrogens is 309 g/mol. The van der Waals surface area contributed by atoms with Gasteiger partial charge >= 0.3 is 6.18 Å². The quantitative estimate of drug-likeness (QED) is 0.781. The van der Waals surface area contributed by atoms with Crippen molar-refractivity contribution in [2.75, 3.05) is 0 Å². The molecule has 0 N–H and O–H groups in total. The predicted octanol–water partition coefficient (Wildman–Crippen LogP) is 4.06. The van der Waals surface area contributed by atoms with Crippen molar-refractivity contribution in [2.45, 2.75) is 11.5 Å². The lowest BCUT2D eigenvalue weighted by Gasteiger charge is -2.11. The van der Waals surface area contributed by atoms with Crippen molar-refractivity contribution in [1.29, 1.82) is 0 Å². The molecule has 0 saturated carbocycles. The molecule has 18 heavy (non-hydrogen) atoms. The molecule has 6 heteroatoms. The van der Waals surface area contributed by atoms with Crippen molar-refractivity contribution in [1.82, 2.24) is 9.97 Å². The number of rotatable bonds is 2. The summed E-state index contributed by atoms with van der Waals surface area (Å²) in [6.45, 7) is 0. The van der Waals surface area contributed by atoms with Crippen LogP contribution in [0.5, 0.6) is 0 Å². The summed E-state index contributed by atoms with van der Waals surface area (Å²) in [6, 6.07) is 5.75. The van der Waals surface area contributed by atoms with Crippen LogP contribution < -0.4 is 0 Å². The van der Waals surface area contributed by atoms with E-state index in [1.54, 1.807) is 18.3 Å². The average Bonchev–Trinajstić information content (AvgIpc) is 2.38. The molecule has 0 aliphatic heterocycles. The maximum atomic E-state index is 12.6. The summed E-state index contributed by atoms with van der Waals surface area (Å²) < 4.78 is 37.9. The fourth-order valence-corrected chi connectivity index (χ4v) is 1.96. The molecule has 2 aromatic heterocycles. The molecule has 0 atom stereocenters. The molecule has 0 spiro atoms. The zero-order chi connectivity index (χ0) is 13.2. The fourth-order valence-electron chi connectivity index (χ4n) is 1.51. The second kappa shape index (κ2) is 5.06. The van der Waals surface area contributed by atoms with Gasteiger partial charge < -0.3 is 0 Å². The van der Waals surface area contributed by atoms with Gasteiger partial charge in [-0.1, -0.05) is 22.0 Å². The van der Waals surface area contributed by atoms with E-state index in [0.29, 0.717) is 22.2 Å². The second-order valence-corrected chi connectivity index (χ2v) is 4.14. The highest BCUT2D eigenvalue weighted by Gasteiger charge is 2.33. The molecule has 0 unspecified atom stereocenters. The highest BCUT2D eigenvalue weighted by atomic mass is 79.9.